The zero-order valence-corrected chi connectivity index (χ0v) is 8.42. The molecule has 0 atom stereocenters. The van der Waals surface area contributed by atoms with Gasteiger partial charge in [0.2, 0.25) is 5.88 Å². The normalized spacial score (nSPS) is 10.0. The highest BCUT2D eigenvalue weighted by Gasteiger charge is 1.96. The fourth-order valence-corrected chi connectivity index (χ4v) is 1.06. The number of hydrogen-bond acceptors (Lipinski definition) is 3. The van der Waals surface area contributed by atoms with Crippen LogP contribution in [0.25, 0.3) is 0 Å². The van der Waals surface area contributed by atoms with Gasteiger partial charge in [-0.05, 0) is 6.42 Å². The summed E-state index contributed by atoms with van der Waals surface area (Å²) in [7, 11) is 0. The van der Waals surface area contributed by atoms with Crippen LogP contribution in [0, 0.1) is 0 Å². The van der Waals surface area contributed by atoms with Crippen molar-refractivity contribution in [1.29, 1.82) is 0 Å². The highest BCUT2D eigenvalue weighted by Crippen LogP contribution is 2.11. The van der Waals surface area contributed by atoms with E-state index in [1.165, 1.54) is 19.2 Å². The number of ether oxygens (including phenoxy) is 1. The first kappa shape index (κ1) is 10.3. The van der Waals surface area contributed by atoms with E-state index < -0.39 is 0 Å². The van der Waals surface area contributed by atoms with Gasteiger partial charge in [-0.1, -0.05) is 31.4 Å². The summed E-state index contributed by atoms with van der Waals surface area (Å²) in [6, 6.07) is 1.62. The third-order valence-corrected chi connectivity index (χ3v) is 1.81. The predicted octanol–water partition coefficient (Wildman–Crippen LogP) is 2.70. The maximum absolute atomic E-state index is 5.65. The van der Waals surface area contributed by atoms with Crippen LogP contribution in [0.1, 0.15) is 26.2 Å². The number of halogens is 1. The van der Waals surface area contributed by atoms with Gasteiger partial charge in [-0.15, -0.1) is 0 Å². The summed E-state index contributed by atoms with van der Waals surface area (Å²) in [4.78, 5) is 7.68. The molecular weight excluding hydrogens is 188 g/mol. The molecule has 0 aliphatic carbocycles. The van der Waals surface area contributed by atoms with Gasteiger partial charge in [0.1, 0.15) is 11.5 Å². The number of aromatic nitrogens is 2. The lowest BCUT2D eigenvalue weighted by Gasteiger charge is -2.03. The second kappa shape index (κ2) is 5.75. The summed E-state index contributed by atoms with van der Waals surface area (Å²) in [6.07, 6.45) is 4.82. The van der Waals surface area contributed by atoms with Crippen LogP contribution in [0.15, 0.2) is 12.4 Å². The van der Waals surface area contributed by atoms with Crippen molar-refractivity contribution >= 4 is 11.6 Å². The molecule has 0 spiro atoms. The zero-order valence-electron chi connectivity index (χ0n) is 7.66. The van der Waals surface area contributed by atoms with Crippen LogP contribution in [0.2, 0.25) is 5.15 Å². The molecule has 0 N–H and O–H groups in total. The molecule has 0 aromatic carbocycles. The molecule has 3 nitrogen and oxygen atoms in total. The van der Waals surface area contributed by atoms with Gasteiger partial charge in [-0.2, -0.15) is 0 Å². The molecule has 0 radical (unpaired) electrons. The Morgan fingerprint density at radius 3 is 2.92 bits per heavy atom. The van der Waals surface area contributed by atoms with Crippen molar-refractivity contribution < 1.29 is 4.74 Å². The van der Waals surface area contributed by atoms with Crippen molar-refractivity contribution in [3.8, 4) is 5.88 Å². The first-order valence-corrected chi connectivity index (χ1v) is 4.81. The summed E-state index contributed by atoms with van der Waals surface area (Å²) in [5.41, 5.74) is 0. The molecule has 1 aromatic rings. The standard InChI is InChI=1S/C9H13ClN2O/c1-2-3-4-5-13-9-6-8(10)11-7-12-9/h6-7H,2-5H2,1H3. The smallest absolute Gasteiger partial charge is 0.217 e. The first-order valence-electron chi connectivity index (χ1n) is 4.43. The average Bonchev–Trinajstić information content (AvgIpc) is 2.13. The molecule has 0 saturated carbocycles. The van der Waals surface area contributed by atoms with Crippen molar-refractivity contribution in [1.82, 2.24) is 9.97 Å². The highest BCUT2D eigenvalue weighted by molar-refractivity contribution is 6.29. The van der Waals surface area contributed by atoms with E-state index in [0.29, 0.717) is 17.6 Å². The second-order valence-electron chi connectivity index (χ2n) is 2.73. The zero-order chi connectivity index (χ0) is 9.52. The van der Waals surface area contributed by atoms with E-state index in [4.69, 9.17) is 16.3 Å². The Hall–Kier alpha value is -0.830. The molecule has 1 aromatic heterocycles. The fourth-order valence-electron chi connectivity index (χ4n) is 0.925. The summed E-state index contributed by atoms with van der Waals surface area (Å²) in [6.45, 7) is 2.85. The minimum absolute atomic E-state index is 0.417. The topological polar surface area (TPSA) is 35.0 Å². The van der Waals surface area contributed by atoms with Gasteiger partial charge in [0.25, 0.3) is 0 Å². The molecule has 0 aliphatic heterocycles. The fraction of sp³-hybridized carbons (Fsp3) is 0.556. The van der Waals surface area contributed by atoms with Gasteiger partial charge in [-0.3, -0.25) is 0 Å². The van der Waals surface area contributed by atoms with Gasteiger partial charge in [-0.25, -0.2) is 9.97 Å². The summed E-state index contributed by atoms with van der Waals surface area (Å²) in [5.74, 6) is 0.552. The molecular formula is C9H13ClN2O. The third kappa shape index (κ3) is 4.08. The van der Waals surface area contributed by atoms with Crippen LogP contribution >= 0.6 is 11.6 Å². The molecule has 0 aliphatic rings. The Labute approximate surface area is 83.1 Å². The van der Waals surface area contributed by atoms with Crippen molar-refractivity contribution in [2.45, 2.75) is 26.2 Å². The lowest BCUT2D eigenvalue weighted by molar-refractivity contribution is 0.294. The van der Waals surface area contributed by atoms with E-state index >= 15 is 0 Å². The van der Waals surface area contributed by atoms with Gasteiger partial charge in [0.05, 0.1) is 6.61 Å². The van der Waals surface area contributed by atoms with Crippen molar-refractivity contribution in [3.05, 3.63) is 17.5 Å². The maximum atomic E-state index is 5.65. The molecule has 0 bridgehead atoms. The second-order valence-corrected chi connectivity index (χ2v) is 3.12. The Bertz CT molecular complexity index is 255. The molecule has 13 heavy (non-hydrogen) atoms. The number of hydrogen-bond donors (Lipinski definition) is 0. The molecule has 1 heterocycles. The molecule has 4 heteroatoms. The van der Waals surface area contributed by atoms with E-state index in [1.54, 1.807) is 6.07 Å². The minimum Gasteiger partial charge on any atom is -0.478 e. The van der Waals surface area contributed by atoms with E-state index in [2.05, 4.69) is 16.9 Å². The van der Waals surface area contributed by atoms with E-state index in [0.717, 1.165) is 6.42 Å². The van der Waals surface area contributed by atoms with Crippen LogP contribution in [-0.4, -0.2) is 16.6 Å². The highest BCUT2D eigenvalue weighted by atomic mass is 35.5. The van der Waals surface area contributed by atoms with Crippen LogP contribution in [0.5, 0.6) is 5.88 Å². The Balaban J connectivity index is 2.28. The molecule has 0 amide bonds. The maximum Gasteiger partial charge on any atom is 0.217 e. The molecule has 72 valence electrons. The van der Waals surface area contributed by atoms with Crippen molar-refractivity contribution in [2.24, 2.45) is 0 Å². The molecule has 0 fully saturated rings. The summed E-state index contributed by atoms with van der Waals surface area (Å²) in [5, 5.41) is 0.417. The molecule has 0 unspecified atom stereocenters. The van der Waals surface area contributed by atoms with Crippen LogP contribution < -0.4 is 4.74 Å². The van der Waals surface area contributed by atoms with Gasteiger partial charge >= 0.3 is 0 Å². The van der Waals surface area contributed by atoms with Crippen molar-refractivity contribution in [2.75, 3.05) is 6.61 Å². The number of unbranched alkanes of at least 4 members (excludes halogenated alkanes) is 2. The largest absolute Gasteiger partial charge is 0.478 e. The van der Waals surface area contributed by atoms with Gasteiger partial charge < -0.3 is 4.74 Å². The number of nitrogens with zero attached hydrogens (tertiary/aromatic N) is 2. The molecule has 0 saturated heterocycles. The van der Waals surface area contributed by atoms with Gasteiger partial charge in [0.15, 0.2) is 0 Å². The lowest BCUT2D eigenvalue weighted by Crippen LogP contribution is -1.98. The Kier molecular flexibility index (Phi) is 4.54. The summed E-state index contributed by atoms with van der Waals surface area (Å²) >= 11 is 5.65. The number of rotatable bonds is 5. The monoisotopic (exact) mass is 200 g/mol. The van der Waals surface area contributed by atoms with E-state index in [1.807, 2.05) is 0 Å². The Morgan fingerprint density at radius 2 is 2.23 bits per heavy atom. The average molecular weight is 201 g/mol. The van der Waals surface area contributed by atoms with Gasteiger partial charge in [0, 0.05) is 6.07 Å². The van der Waals surface area contributed by atoms with Crippen LogP contribution in [-0.2, 0) is 0 Å². The lowest BCUT2D eigenvalue weighted by atomic mass is 10.3. The van der Waals surface area contributed by atoms with E-state index in [-0.39, 0.29) is 0 Å². The Morgan fingerprint density at radius 1 is 1.38 bits per heavy atom. The van der Waals surface area contributed by atoms with E-state index in [9.17, 15) is 0 Å². The molecule has 1 rings (SSSR count). The SMILES string of the molecule is CCCCCOc1cc(Cl)ncn1. The van der Waals surface area contributed by atoms with Crippen LogP contribution in [0.3, 0.4) is 0 Å². The first-order chi connectivity index (χ1) is 6.33. The predicted molar refractivity (Wildman–Crippen MR) is 52.1 cm³/mol. The minimum atomic E-state index is 0.417. The summed E-state index contributed by atoms with van der Waals surface area (Å²) < 4.78 is 5.35. The third-order valence-electron chi connectivity index (χ3n) is 1.61. The van der Waals surface area contributed by atoms with Crippen molar-refractivity contribution in [3.63, 3.8) is 0 Å². The quantitative estimate of drug-likeness (QED) is 0.542. The van der Waals surface area contributed by atoms with Crippen LogP contribution in [0.4, 0.5) is 0 Å².